The van der Waals surface area contributed by atoms with Gasteiger partial charge < -0.3 is 15.0 Å². The molecule has 1 fully saturated rings. The Kier molecular flexibility index (Phi) is 5.58. The molecule has 1 aromatic heterocycles. The van der Waals surface area contributed by atoms with E-state index in [0.717, 1.165) is 23.3 Å². The van der Waals surface area contributed by atoms with Crippen LogP contribution in [0.5, 0.6) is 5.75 Å². The zero-order valence-corrected chi connectivity index (χ0v) is 15.3. The van der Waals surface area contributed by atoms with Gasteiger partial charge in [0.15, 0.2) is 0 Å². The number of halogens is 1. The molecule has 0 spiro atoms. The van der Waals surface area contributed by atoms with Gasteiger partial charge in [-0.3, -0.25) is 9.69 Å². The van der Waals surface area contributed by atoms with E-state index in [2.05, 4.69) is 43.3 Å². The van der Waals surface area contributed by atoms with Gasteiger partial charge in [-0.15, -0.1) is 0 Å². The summed E-state index contributed by atoms with van der Waals surface area (Å²) in [6.45, 7) is 2.73. The Hall–Kier alpha value is -1.79. The van der Waals surface area contributed by atoms with Crippen LogP contribution in [0.4, 0.5) is 0 Å². The van der Waals surface area contributed by atoms with Crippen molar-refractivity contribution in [2.75, 3.05) is 26.7 Å². The normalized spacial score (nSPS) is 16.1. The van der Waals surface area contributed by atoms with Gasteiger partial charge in [0.05, 0.1) is 13.2 Å². The summed E-state index contributed by atoms with van der Waals surface area (Å²) in [4.78, 5) is 17.7. The SMILES string of the molecule is COc1ccc(C(CNC(=O)c2cc(Br)c[nH]2)N2CCCC2)cc1. The average Bonchev–Trinajstić information content (AvgIpc) is 3.27. The summed E-state index contributed by atoms with van der Waals surface area (Å²) in [5.74, 6) is 0.762. The fourth-order valence-corrected chi connectivity index (χ4v) is 3.46. The van der Waals surface area contributed by atoms with Gasteiger partial charge in [-0.25, -0.2) is 0 Å². The lowest BCUT2D eigenvalue weighted by molar-refractivity contribution is 0.0933. The smallest absolute Gasteiger partial charge is 0.267 e. The van der Waals surface area contributed by atoms with E-state index < -0.39 is 0 Å². The minimum atomic E-state index is -0.0848. The lowest BCUT2D eigenvalue weighted by Gasteiger charge is -2.28. The number of hydrogen-bond acceptors (Lipinski definition) is 3. The molecule has 0 aliphatic carbocycles. The van der Waals surface area contributed by atoms with Gasteiger partial charge in [0.1, 0.15) is 11.4 Å². The molecule has 5 nitrogen and oxygen atoms in total. The van der Waals surface area contributed by atoms with Crippen LogP contribution in [0.25, 0.3) is 0 Å². The second-order valence-corrected chi connectivity index (χ2v) is 6.89. The van der Waals surface area contributed by atoms with Crippen LogP contribution in [-0.4, -0.2) is 42.5 Å². The number of H-pyrrole nitrogens is 1. The first kappa shape index (κ1) is 17.0. The summed E-state index contributed by atoms with van der Waals surface area (Å²) >= 11 is 3.35. The minimum Gasteiger partial charge on any atom is -0.497 e. The van der Waals surface area contributed by atoms with E-state index in [1.165, 1.54) is 18.4 Å². The molecule has 0 radical (unpaired) electrons. The van der Waals surface area contributed by atoms with E-state index in [1.54, 1.807) is 19.4 Å². The fourth-order valence-electron chi connectivity index (χ4n) is 3.12. The van der Waals surface area contributed by atoms with Gasteiger partial charge in [0, 0.05) is 17.2 Å². The van der Waals surface area contributed by atoms with E-state index in [9.17, 15) is 4.79 Å². The fraction of sp³-hybridized carbons (Fsp3) is 0.389. The molecule has 1 saturated heterocycles. The van der Waals surface area contributed by atoms with Crippen molar-refractivity contribution in [2.45, 2.75) is 18.9 Å². The van der Waals surface area contributed by atoms with Crippen molar-refractivity contribution in [1.29, 1.82) is 0 Å². The molecule has 24 heavy (non-hydrogen) atoms. The van der Waals surface area contributed by atoms with Crippen LogP contribution in [0.1, 0.15) is 34.9 Å². The molecule has 1 atom stereocenters. The molecule has 0 saturated carbocycles. The lowest BCUT2D eigenvalue weighted by atomic mass is 10.1. The molecule has 1 aliphatic heterocycles. The summed E-state index contributed by atoms with van der Waals surface area (Å²) in [5.41, 5.74) is 1.77. The Bertz CT molecular complexity index is 678. The Morgan fingerprint density at radius 1 is 1.33 bits per heavy atom. The molecule has 6 heteroatoms. The van der Waals surface area contributed by atoms with Crippen molar-refractivity contribution in [1.82, 2.24) is 15.2 Å². The number of aromatic nitrogens is 1. The molecule has 1 aromatic carbocycles. The molecule has 2 aromatic rings. The van der Waals surface area contributed by atoms with Crippen LogP contribution in [0, 0.1) is 0 Å². The highest BCUT2D eigenvalue weighted by atomic mass is 79.9. The number of nitrogens with one attached hydrogen (secondary N) is 2. The van der Waals surface area contributed by atoms with Crippen molar-refractivity contribution in [3.05, 3.63) is 52.3 Å². The first-order valence-electron chi connectivity index (χ1n) is 8.17. The molecular formula is C18H22BrN3O2. The minimum absolute atomic E-state index is 0.0848. The highest BCUT2D eigenvalue weighted by molar-refractivity contribution is 9.10. The van der Waals surface area contributed by atoms with Crippen LogP contribution in [0.2, 0.25) is 0 Å². The van der Waals surface area contributed by atoms with Crippen molar-refractivity contribution in [3.8, 4) is 5.75 Å². The number of benzene rings is 1. The van der Waals surface area contributed by atoms with Gasteiger partial charge in [-0.1, -0.05) is 12.1 Å². The molecule has 1 unspecified atom stereocenters. The van der Waals surface area contributed by atoms with Crippen molar-refractivity contribution in [2.24, 2.45) is 0 Å². The Morgan fingerprint density at radius 2 is 2.04 bits per heavy atom. The van der Waals surface area contributed by atoms with Gasteiger partial charge in [0.25, 0.3) is 5.91 Å². The van der Waals surface area contributed by atoms with E-state index in [1.807, 2.05) is 12.1 Å². The first-order chi connectivity index (χ1) is 11.7. The number of carbonyl (C=O) groups is 1. The Balaban J connectivity index is 1.71. The highest BCUT2D eigenvalue weighted by Crippen LogP contribution is 2.26. The van der Waals surface area contributed by atoms with Crippen molar-refractivity contribution < 1.29 is 9.53 Å². The van der Waals surface area contributed by atoms with E-state index in [-0.39, 0.29) is 11.9 Å². The number of hydrogen-bond donors (Lipinski definition) is 2. The van der Waals surface area contributed by atoms with E-state index >= 15 is 0 Å². The van der Waals surface area contributed by atoms with Crippen LogP contribution in [-0.2, 0) is 0 Å². The highest BCUT2D eigenvalue weighted by Gasteiger charge is 2.24. The summed E-state index contributed by atoms with van der Waals surface area (Å²) in [7, 11) is 1.67. The number of likely N-dealkylation sites (tertiary alicyclic amines) is 1. The quantitative estimate of drug-likeness (QED) is 0.793. The standard InChI is InChI=1S/C18H22BrN3O2/c1-24-15-6-4-13(5-7-15)17(22-8-2-3-9-22)12-21-18(23)16-10-14(19)11-20-16/h4-7,10-11,17,20H,2-3,8-9,12H2,1H3,(H,21,23). The van der Waals surface area contributed by atoms with Gasteiger partial charge in [0.2, 0.25) is 0 Å². The number of rotatable bonds is 6. The first-order valence-corrected chi connectivity index (χ1v) is 8.97. The number of aromatic amines is 1. The van der Waals surface area contributed by atoms with Crippen molar-refractivity contribution in [3.63, 3.8) is 0 Å². The maximum Gasteiger partial charge on any atom is 0.267 e. The van der Waals surface area contributed by atoms with Crippen LogP contribution >= 0.6 is 15.9 Å². The summed E-state index contributed by atoms with van der Waals surface area (Å²) in [6.07, 6.45) is 4.19. The van der Waals surface area contributed by atoms with Gasteiger partial charge in [-0.05, 0) is 65.6 Å². The zero-order valence-electron chi connectivity index (χ0n) is 13.7. The predicted octanol–water partition coefficient (Wildman–Crippen LogP) is 3.35. The van der Waals surface area contributed by atoms with Crippen molar-refractivity contribution >= 4 is 21.8 Å². The number of nitrogens with zero attached hydrogens (tertiary/aromatic N) is 1. The Morgan fingerprint density at radius 3 is 2.62 bits per heavy atom. The topological polar surface area (TPSA) is 57.4 Å². The number of ether oxygens (including phenoxy) is 1. The lowest BCUT2D eigenvalue weighted by Crippen LogP contribution is -2.36. The molecule has 0 bridgehead atoms. The molecule has 2 heterocycles. The molecule has 3 rings (SSSR count). The molecule has 2 N–H and O–H groups in total. The summed E-state index contributed by atoms with van der Waals surface area (Å²) < 4.78 is 6.11. The van der Waals surface area contributed by atoms with Crippen LogP contribution in [0.3, 0.4) is 0 Å². The largest absolute Gasteiger partial charge is 0.497 e. The second-order valence-electron chi connectivity index (χ2n) is 5.97. The molecule has 1 amide bonds. The van der Waals surface area contributed by atoms with Crippen LogP contribution < -0.4 is 10.1 Å². The second kappa shape index (κ2) is 7.85. The van der Waals surface area contributed by atoms with Gasteiger partial charge in [-0.2, -0.15) is 0 Å². The monoisotopic (exact) mass is 391 g/mol. The maximum atomic E-state index is 12.3. The summed E-state index contributed by atoms with van der Waals surface area (Å²) in [6, 6.07) is 10.1. The molecule has 128 valence electrons. The van der Waals surface area contributed by atoms with Gasteiger partial charge >= 0.3 is 0 Å². The zero-order chi connectivity index (χ0) is 16.9. The van der Waals surface area contributed by atoms with E-state index in [0.29, 0.717) is 12.2 Å². The average molecular weight is 392 g/mol. The molecule has 1 aliphatic rings. The maximum absolute atomic E-state index is 12.3. The predicted molar refractivity (Wildman–Crippen MR) is 97.4 cm³/mol. The Labute approximate surface area is 150 Å². The molecular weight excluding hydrogens is 370 g/mol. The number of methoxy groups -OCH3 is 1. The van der Waals surface area contributed by atoms with E-state index in [4.69, 9.17) is 4.74 Å². The third-order valence-electron chi connectivity index (χ3n) is 4.43. The summed E-state index contributed by atoms with van der Waals surface area (Å²) in [5, 5.41) is 3.05. The number of carbonyl (C=O) groups excluding carboxylic acids is 1. The van der Waals surface area contributed by atoms with Crippen LogP contribution in [0.15, 0.2) is 41.0 Å². The number of amides is 1. The third-order valence-corrected chi connectivity index (χ3v) is 4.89. The third kappa shape index (κ3) is 3.99.